The van der Waals surface area contributed by atoms with Gasteiger partial charge in [-0.1, -0.05) is 46.9 Å². The van der Waals surface area contributed by atoms with E-state index in [1.54, 1.807) is 0 Å². The summed E-state index contributed by atoms with van der Waals surface area (Å²) in [5, 5.41) is 5.32. The van der Waals surface area contributed by atoms with E-state index in [2.05, 4.69) is 5.32 Å². The van der Waals surface area contributed by atoms with Crippen molar-refractivity contribution in [2.45, 2.75) is 13.5 Å². The van der Waals surface area contributed by atoms with Crippen LogP contribution in [0.25, 0.3) is 0 Å². The predicted octanol–water partition coefficient (Wildman–Crippen LogP) is 5.57. The number of rotatable bonds is 3. The third-order valence-corrected chi connectivity index (χ3v) is 3.82. The summed E-state index contributed by atoms with van der Waals surface area (Å²) in [6.45, 7) is 2.54. The number of aryl methyl sites for hydroxylation is 1. The minimum atomic E-state index is 0.567. The van der Waals surface area contributed by atoms with Gasteiger partial charge in [-0.3, -0.25) is 0 Å². The van der Waals surface area contributed by atoms with Gasteiger partial charge < -0.3 is 5.32 Å². The van der Waals surface area contributed by atoms with E-state index in [4.69, 9.17) is 34.8 Å². The molecule has 0 saturated heterocycles. The van der Waals surface area contributed by atoms with Crippen molar-refractivity contribution < 1.29 is 0 Å². The molecule has 0 bridgehead atoms. The highest BCUT2D eigenvalue weighted by Gasteiger charge is 2.05. The van der Waals surface area contributed by atoms with E-state index in [0.717, 1.165) is 21.8 Å². The lowest BCUT2D eigenvalue weighted by Gasteiger charge is -2.10. The van der Waals surface area contributed by atoms with E-state index in [9.17, 15) is 0 Å². The Balaban J connectivity index is 2.14. The lowest BCUT2D eigenvalue weighted by molar-refractivity contribution is 1.15. The second-order valence-corrected chi connectivity index (χ2v) is 5.24. The van der Waals surface area contributed by atoms with Crippen molar-refractivity contribution in [3.63, 3.8) is 0 Å². The molecule has 2 rings (SSSR count). The van der Waals surface area contributed by atoms with Gasteiger partial charge in [-0.2, -0.15) is 0 Å². The Labute approximate surface area is 122 Å². The highest BCUT2D eigenvalue weighted by atomic mass is 35.5. The Morgan fingerprint density at radius 2 is 1.61 bits per heavy atom. The molecular formula is C14H12Cl3N. The van der Waals surface area contributed by atoms with Crippen LogP contribution in [0, 0.1) is 6.92 Å². The van der Waals surface area contributed by atoms with Crippen LogP contribution in [0.4, 0.5) is 5.69 Å². The first kappa shape index (κ1) is 13.5. The van der Waals surface area contributed by atoms with Crippen molar-refractivity contribution in [2.24, 2.45) is 0 Å². The highest BCUT2D eigenvalue weighted by Crippen LogP contribution is 2.26. The summed E-state index contributed by atoms with van der Waals surface area (Å²) in [6, 6.07) is 11.3. The topological polar surface area (TPSA) is 12.0 Å². The fourth-order valence-corrected chi connectivity index (χ4v) is 2.31. The molecule has 18 heavy (non-hydrogen) atoms. The molecule has 0 radical (unpaired) electrons. The molecule has 1 nitrogen and oxygen atoms in total. The number of hydrogen-bond acceptors (Lipinski definition) is 1. The molecule has 0 aliphatic rings. The molecular weight excluding hydrogens is 289 g/mol. The minimum absolute atomic E-state index is 0.567. The first-order valence-electron chi connectivity index (χ1n) is 5.51. The number of anilines is 1. The van der Waals surface area contributed by atoms with Crippen LogP contribution in [0.3, 0.4) is 0 Å². The molecule has 0 aliphatic carbocycles. The van der Waals surface area contributed by atoms with Gasteiger partial charge >= 0.3 is 0 Å². The number of nitrogens with one attached hydrogen (secondary N) is 1. The van der Waals surface area contributed by atoms with E-state index in [1.165, 1.54) is 0 Å². The van der Waals surface area contributed by atoms with Gasteiger partial charge in [0.15, 0.2) is 0 Å². The number of benzene rings is 2. The van der Waals surface area contributed by atoms with Crippen molar-refractivity contribution in [1.82, 2.24) is 0 Å². The fraction of sp³-hybridized carbons (Fsp3) is 0.143. The maximum absolute atomic E-state index is 6.10. The summed E-state index contributed by atoms with van der Waals surface area (Å²) >= 11 is 18.3. The van der Waals surface area contributed by atoms with Crippen LogP contribution in [0.2, 0.25) is 15.1 Å². The fourth-order valence-electron chi connectivity index (χ4n) is 1.59. The zero-order chi connectivity index (χ0) is 13.1. The van der Waals surface area contributed by atoms with Crippen molar-refractivity contribution in [1.29, 1.82) is 0 Å². The van der Waals surface area contributed by atoms with Crippen molar-refractivity contribution in [2.75, 3.05) is 5.32 Å². The van der Waals surface area contributed by atoms with Crippen LogP contribution in [-0.2, 0) is 6.54 Å². The molecule has 0 saturated carbocycles. The third kappa shape index (κ3) is 3.11. The van der Waals surface area contributed by atoms with Gasteiger partial charge in [-0.05, 0) is 36.8 Å². The van der Waals surface area contributed by atoms with Crippen LogP contribution < -0.4 is 5.32 Å². The van der Waals surface area contributed by atoms with E-state index >= 15 is 0 Å². The molecule has 0 heterocycles. The highest BCUT2D eigenvalue weighted by molar-refractivity contribution is 6.36. The molecule has 0 aliphatic heterocycles. The van der Waals surface area contributed by atoms with E-state index in [-0.39, 0.29) is 0 Å². The van der Waals surface area contributed by atoms with E-state index in [0.29, 0.717) is 16.6 Å². The average Bonchev–Trinajstić information content (AvgIpc) is 2.33. The zero-order valence-electron chi connectivity index (χ0n) is 9.81. The van der Waals surface area contributed by atoms with Crippen molar-refractivity contribution >= 4 is 40.5 Å². The van der Waals surface area contributed by atoms with Crippen LogP contribution in [0.15, 0.2) is 36.4 Å². The maximum atomic E-state index is 6.10. The van der Waals surface area contributed by atoms with E-state index in [1.807, 2.05) is 43.3 Å². The molecule has 1 N–H and O–H groups in total. The molecule has 0 atom stereocenters. The van der Waals surface area contributed by atoms with Crippen molar-refractivity contribution in [3.8, 4) is 0 Å². The molecule has 0 spiro atoms. The van der Waals surface area contributed by atoms with Crippen LogP contribution >= 0.6 is 34.8 Å². The van der Waals surface area contributed by atoms with Gasteiger partial charge in [-0.15, -0.1) is 0 Å². The average molecular weight is 301 g/mol. The smallest absolute Gasteiger partial charge is 0.0470 e. The lowest BCUT2D eigenvalue weighted by atomic mass is 10.2. The molecule has 0 fully saturated rings. The van der Waals surface area contributed by atoms with Crippen LogP contribution in [-0.4, -0.2) is 0 Å². The molecule has 2 aromatic carbocycles. The quantitative estimate of drug-likeness (QED) is 0.781. The zero-order valence-corrected chi connectivity index (χ0v) is 12.1. The van der Waals surface area contributed by atoms with Gasteiger partial charge in [-0.25, -0.2) is 0 Å². The van der Waals surface area contributed by atoms with Crippen LogP contribution in [0.1, 0.15) is 11.1 Å². The summed E-state index contributed by atoms with van der Waals surface area (Å²) in [6.07, 6.45) is 0. The van der Waals surface area contributed by atoms with Gasteiger partial charge in [0, 0.05) is 32.9 Å². The Morgan fingerprint density at radius 1 is 0.944 bits per heavy atom. The standard InChI is InChI=1S/C14H12Cl3N/c1-9-5-6-10(7-14(9)17)18-8-11-12(15)3-2-4-13(11)16/h2-7,18H,8H2,1H3. The van der Waals surface area contributed by atoms with Gasteiger partial charge in [0.2, 0.25) is 0 Å². The molecule has 94 valence electrons. The maximum Gasteiger partial charge on any atom is 0.0470 e. The predicted molar refractivity (Wildman–Crippen MR) is 80.0 cm³/mol. The first-order valence-corrected chi connectivity index (χ1v) is 6.64. The Bertz CT molecular complexity index is 547. The monoisotopic (exact) mass is 299 g/mol. The molecule has 0 unspecified atom stereocenters. The Hall–Kier alpha value is -0.890. The second kappa shape index (κ2) is 5.83. The lowest BCUT2D eigenvalue weighted by Crippen LogP contribution is -2.01. The summed E-state index contributed by atoms with van der Waals surface area (Å²) < 4.78 is 0. The van der Waals surface area contributed by atoms with Crippen molar-refractivity contribution in [3.05, 3.63) is 62.6 Å². The van der Waals surface area contributed by atoms with E-state index < -0.39 is 0 Å². The molecule has 2 aromatic rings. The summed E-state index contributed by atoms with van der Waals surface area (Å²) in [4.78, 5) is 0. The number of hydrogen-bond donors (Lipinski definition) is 1. The molecule has 0 amide bonds. The molecule has 4 heteroatoms. The Morgan fingerprint density at radius 3 is 2.22 bits per heavy atom. The normalized spacial score (nSPS) is 10.4. The van der Waals surface area contributed by atoms with Gasteiger partial charge in [0.05, 0.1) is 0 Å². The Kier molecular flexibility index (Phi) is 4.39. The largest absolute Gasteiger partial charge is 0.381 e. The summed E-state index contributed by atoms with van der Waals surface area (Å²) in [5.41, 5.74) is 2.89. The summed E-state index contributed by atoms with van der Waals surface area (Å²) in [7, 11) is 0. The third-order valence-electron chi connectivity index (χ3n) is 2.70. The number of halogens is 3. The minimum Gasteiger partial charge on any atom is -0.381 e. The van der Waals surface area contributed by atoms with Crippen LogP contribution in [0.5, 0.6) is 0 Å². The summed E-state index contributed by atoms with van der Waals surface area (Å²) in [5.74, 6) is 0. The van der Waals surface area contributed by atoms with Gasteiger partial charge in [0.1, 0.15) is 0 Å². The van der Waals surface area contributed by atoms with Gasteiger partial charge in [0.25, 0.3) is 0 Å². The second-order valence-electron chi connectivity index (χ2n) is 4.02. The first-order chi connectivity index (χ1) is 8.58. The SMILES string of the molecule is Cc1ccc(NCc2c(Cl)cccc2Cl)cc1Cl. The molecule has 0 aromatic heterocycles.